The molecule has 0 amide bonds. The average Bonchev–Trinajstić information content (AvgIpc) is 2.56. The quantitative estimate of drug-likeness (QED) is 0.835. The fraction of sp³-hybridized carbons (Fsp3) is 0.667. The Kier molecular flexibility index (Phi) is 3.82. The van der Waals surface area contributed by atoms with E-state index in [4.69, 9.17) is 0 Å². The minimum Gasteiger partial charge on any atom is -0.395 e. The summed E-state index contributed by atoms with van der Waals surface area (Å²) in [6, 6.07) is 1.54. The third-order valence-electron chi connectivity index (χ3n) is 2.34. The summed E-state index contributed by atoms with van der Waals surface area (Å²) < 4.78 is 42.1. The molecule has 96 valence electrons. The van der Waals surface area contributed by atoms with Gasteiger partial charge in [-0.3, -0.25) is 4.68 Å². The molecule has 0 aromatic carbocycles. The van der Waals surface area contributed by atoms with Gasteiger partial charge in [-0.1, -0.05) is 0 Å². The number of hydrogen-bond acceptors (Lipinski definition) is 4. The second-order valence-corrected chi connectivity index (χ2v) is 4.49. The molecular weight excluding hydrogens is 255 g/mol. The second-order valence-electron chi connectivity index (χ2n) is 3.69. The molecule has 0 unspecified atom stereocenters. The van der Waals surface area contributed by atoms with Crippen molar-refractivity contribution >= 4 is 12.0 Å². The minimum absolute atomic E-state index is 0.00558. The lowest BCUT2D eigenvalue weighted by Gasteiger charge is -2.11. The summed E-state index contributed by atoms with van der Waals surface area (Å²) in [7, 11) is 0. The predicted octanol–water partition coefficient (Wildman–Crippen LogP) is 2.31. The van der Waals surface area contributed by atoms with Crippen molar-refractivity contribution in [3.63, 3.8) is 0 Å². The molecule has 4 nitrogen and oxygen atoms in total. The molecule has 0 aliphatic carbocycles. The SMILES string of the molecule is FC(F)(F)SOc1cc2n(n1)CCCCNC2. The molecule has 0 atom stereocenters. The second kappa shape index (κ2) is 5.18. The lowest BCUT2D eigenvalue weighted by atomic mass is 10.2. The van der Waals surface area contributed by atoms with Crippen molar-refractivity contribution in [1.29, 1.82) is 0 Å². The standard InChI is InChI=1S/C9H12F3N3OS/c10-9(11,12)17-16-8-5-7-6-13-3-1-2-4-15(7)14-8/h5,13H,1-4,6H2. The molecule has 1 aliphatic heterocycles. The number of fused-ring (bicyclic) bond motifs is 1. The van der Waals surface area contributed by atoms with E-state index in [0.29, 0.717) is 6.54 Å². The smallest absolute Gasteiger partial charge is 0.395 e. The summed E-state index contributed by atoms with van der Waals surface area (Å²) >= 11 is -0.536. The number of nitrogens with one attached hydrogen (secondary N) is 1. The van der Waals surface area contributed by atoms with Crippen LogP contribution in [0, 0.1) is 0 Å². The fourth-order valence-electron chi connectivity index (χ4n) is 1.62. The monoisotopic (exact) mass is 267 g/mol. The molecule has 1 aromatic heterocycles. The molecule has 1 aromatic rings. The Labute approximate surface area is 101 Å². The van der Waals surface area contributed by atoms with Crippen LogP contribution in [-0.4, -0.2) is 21.8 Å². The fourth-order valence-corrected chi connectivity index (χ4v) is 1.89. The van der Waals surface area contributed by atoms with Crippen LogP contribution in [-0.2, 0) is 13.1 Å². The van der Waals surface area contributed by atoms with Gasteiger partial charge in [-0.05, 0) is 19.4 Å². The van der Waals surface area contributed by atoms with E-state index in [1.807, 2.05) is 0 Å². The predicted molar refractivity (Wildman–Crippen MR) is 57.4 cm³/mol. The van der Waals surface area contributed by atoms with E-state index in [0.717, 1.165) is 31.6 Å². The Morgan fingerprint density at radius 2 is 2.24 bits per heavy atom. The molecule has 0 saturated heterocycles. The first-order valence-corrected chi connectivity index (χ1v) is 5.98. The third-order valence-corrected chi connectivity index (χ3v) is 2.79. The lowest BCUT2D eigenvalue weighted by molar-refractivity contribution is -0.0370. The van der Waals surface area contributed by atoms with Gasteiger partial charge < -0.3 is 9.50 Å². The molecule has 17 heavy (non-hydrogen) atoms. The van der Waals surface area contributed by atoms with Crippen molar-refractivity contribution in [3.05, 3.63) is 11.8 Å². The molecule has 0 radical (unpaired) electrons. The van der Waals surface area contributed by atoms with Crippen LogP contribution in [0.2, 0.25) is 0 Å². The molecule has 2 rings (SSSR count). The molecule has 8 heteroatoms. The highest BCUT2D eigenvalue weighted by atomic mass is 32.2. The molecule has 1 N–H and O–H groups in total. The maximum absolute atomic E-state index is 11.9. The van der Waals surface area contributed by atoms with E-state index >= 15 is 0 Å². The Morgan fingerprint density at radius 1 is 1.41 bits per heavy atom. The van der Waals surface area contributed by atoms with Crippen LogP contribution >= 0.6 is 12.0 Å². The van der Waals surface area contributed by atoms with Gasteiger partial charge in [0.25, 0.3) is 0 Å². The van der Waals surface area contributed by atoms with Crippen LogP contribution in [0.3, 0.4) is 0 Å². The maximum Gasteiger partial charge on any atom is 0.479 e. The van der Waals surface area contributed by atoms with Crippen LogP contribution in [0.4, 0.5) is 13.2 Å². The number of hydrogen-bond donors (Lipinski definition) is 1. The van der Waals surface area contributed by atoms with E-state index in [9.17, 15) is 13.2 Å². The lowest BCUT2D eigenvalue weighted by Crippen LogP contribution is -2.21. The van der Waals surface area contributed by atoms with Gasteiger partial charge in [-0.2, -0.15) is 13.2 Å². The first kappa shape index (κ1) is 12.6. The van der Waals surface area contributed by atoms with Gasteiger partial charge in [-0.25, -0.2) is 0 Å². The zero-order valence-corrected chi connectivity index (χ0v) is 9.77. The van der Waals surface area contributed by atoms with Gasteiger partial charge in [0.2, 0.25) is 5.88 Å². The number of aryl methyl sites for hydroxylation is 1. The number of halogens is 3. The van der Waals surface area contributed by atoms with Crippen LogP contribution in [0.25, 0.3) is 0 Å². The molecule has 1 aliphatic rings. The molecule has 0 saturated carbocycles. The molecule has 0 bridgehead atoms. The normalized spacial score (nSPS) is 17.1. The van der Waals surface area contributed by atoms with Crippen molar-refractivity contribution in [1.82, 2.24) is 15.1 Å². The van der Waals surface area contributed by atoms with Gasteiger partial charge in [0.15, 0.2) is 12.0 Å². The molecule has 0 fully saturated rings. The van der Waals surface area contributed by atoms with Crippen LogP contribution < -0.4 is 9.50 Å². The van der Waals surface area contributed by atoms with E-state index in [1.165, 1.54) is 6.07 Å². The van der Waals surface area contributed by atoms with Gasteiger partial charge in [0.1, 0.15) is 0 Å². The first-order chi connectivity index (χ1) is 8.04. The summed E-state index contributed by atoms with van der Waals surface area (Å²) in [5, 5.41) is 7.17. The van der Waals surface area contributed by atoms with E-state index < -0.39 is 17.6 Å². The summed E-state index contributed by atoms with van der Waals surface area (Å²) in [6.45, 7) is 2.24. The number of alkyl halides is 3. The Bertz CT molecular complexity index is 355. The largest absolute Gasteiger partial charge is 0.479 e. The Balaban J connectivity index is 2.02. The highest BCUT2D eigenvalue weighted by Gasteiger charge is 2.32. The zero-order chi connectivity index (χ0) is 12.3. The molecule has 0 spiro atoms. The van der Waals surface area contributed by atoms with Crippen LogP contribution in [0.1, 0.15) is 18.5 Å². The van der Waals surface area contributed by atoms with Crippen LogP contribution in [0.15, 0.2) is 6.07 Å². The maximum atomic E-state index is 11.9. The van der Waals surface area contributed by atoms with Gasteiger partial charge in [0, 0.05) is 19.2 Å². The van der Waals surface area contributed by atoms with Crippen molar-refractivity contribution in [2.45, 2.75) is 31.4 Å². The topological polar surface area (TPSA) is 39.1 Å². The van der Waals surface area contributed by atoms with E-state index in [2.05, 4.69) is 14.6 Å². The van der Waals surface area contributed by atoms with Gasteiger partial charge in [0.05, 0.1) is 5.69 Å². The highest BCUT2D eigenvalue weighted by Crippen LogP contribution is 2.32. The number of aromatic nitrogens is 2. The summed E-state index contributed by atoms with van der Waals surface area (Å²) in [4.78, 5) is 0. The van der Waals surface area contributed by atoms with Gasteiger partial charge in [-0.15, -0.1) is 5.10 Å². The molecule has 2 heterocycles. The highest BCUT2D eigenvalue weighted by molar-refractivity contribution is 7.95. The van der Waals surface area contributed by atoms with E-state index in [1.54, 1.807) is 4.68 Å². The Morgan fingerprint density at radius 3 is 3.00 bits per heavy atom. The minimum atomic E-state index is -4.41. The third kappa shape index (κ3) is 3.81. The zero-order valence-electron chi connectivity index (χ0n) is 8.96. The number of rotatable bonds is 2. The Hall–Kier alpha value is -0.890. The summed E-state index contributed by atoms with van der Waals surface area (Å²) in [5.74, 6) is 0.00558. The van der Waals surface area contributed by atoms with Crippen molar-refractivity contribution in [2.75, 3.05) is 6.54 Å². The number of nitrogens with zero attached hydrogens (tertiary/aromatic N) is 2. The van der Waals surface area contributed by atoms with Crippen molar-refractivity contribution in [3.8, 4) is 5.88 Å². The average molecular weight is 267 g/mol. The van der Waals surface area contributed by atoms with Crippen molar-refractivity contribution < 1.29 is 17.4 Å². The first-order valence-electron chi connectivity index (χ1n) is 5.24. The molecular formula is C9H12F3N3OS. The van der Waals surface area contributed by atoms with Crippen molar-refractivity contribution in [2.24, 2.45) is 0 Å². The summed E-state index contributed by atoms with van der Waals surface area (Å²) in [6.07, 6.45) is 1.99. The summed E-state index contributed by atoms with van der Waals surface area (Å²) in [5.41, 5.74) is -3.56. The van der Waals surface area contributed by atoms with Gasteiger partial charge >= 0.3 is 5.51 Å². The van der Waals surface area contributed by atoms with Crippen LogP contribution in [0.5, 0.6) is 5.88 Å². The van der Waals surface area contributed by atoms with E-state index in [-0.39, 0.29) is 5.88 Å².